The van der Waals surface area contributed by atoms with Gasteiger partial charge >= 0.3 is 0 Å². The lowest BCUT2D eigenvalue weighted by Crippen LogP contribution is -2.43. The van der Waals surface area contributed by atoms with E-state index in [9.17, 15) is 5.26 Å². The molecular formula is C30H47N5. The van der Waals surface area contributed by atoms with Crippen LogP contribution in [0.25, 0.3) is 0 Å². The molecule has 35 heavy (non-hydrogen) atoms. The van der Waals surface area contributed by atoms with Crippen LogP contribution in [0.5, 0.6) is 0 Å². The summed E-state index contributed by atoms with van der Waals surface area (Å²) in [7, 11) is 0. The zero-order chi connectivity index (χ0) is 26.8. The summed E-state index contributed by atoms with van der Waals surface area (Å²) in [5, 5.41) is 20.3. The van der Waals surface area contributed by atoms with Gasteiger partial charge in [-0.05, 0) is 94.0 Å². The number of allylic oxidation sites excluding steroid dienone is 3. The topological polar surface area (TPSA) is 72.2 Å². The Morgan fingerprint density at radius 3 is 2.20 bits per heavy atom. The molecule has 1 aromatic carbocycles. The second-order valence-electron chi connectivity index (χ2n) is 10.7. The first-order chi connectivity index (χ1) is 16.3. The highest BCUT2D eigenvalue weighted by atomic mass is 15.1. The van der Waals surface area contributed by atoms with E-state index >= 15 is 0 Å². The molecule has 0 aliphatic heterocycles. The van der Waals surface area contributed by atoms with Gasteiger partial charge in [0.2, 0.25) is 0 Å². The van der Waals surface area contributed by atoms with Crippen molar-refractivity contribution in [3.05, 3.63) is 64.6 Å². The average Bonchev–Trinajstić information content (AvgIpc) is 2.78. The minimum absolute atomic E-state index is 0.0844. The lowest BCUT2D eigenvalue weighted by Gasteiger charge is -2.28. The number of hydrogen-bond acceptors (Lipinski definition) is 5. The first-order valence-electron chi connectivity index (χ1n) is 12.7. The SMILES string of the molecule is C=N/C(NC(C)C(C)NC(=C)CC(C)(C)C)=C(C)\C=C(\C#N)C(C)Nc1ccc(CC)c(CC)c1. The van der Waals surface area contributed by atoms with Crippen LogP contribution in [0.4, 0.5) is 5.69 Å². The molecule has 0 heterocycles. The maximum Gasteiger partial charge on any atom is 0.128 e. The van der Waals surface area contributed by atoms with E-state index in [4.69, 9.17) is 0 Å². The lowest BCUT2D eigenvalue weighted by molar-refractivity contribution is 0.379. The molecule has 0 saturated carbocycles. The number of hydrogen-bond donors (Lipinski definition) is 3. The van der Waals surface area contributed by atoms with Crippen LogP contribution in [-0.2, 0) is 12.8 Å². The van der Waals surface area contributed by atoms with Crippen molar-refractivity contribution in [2.45, 2.75) is 99.7 Å². The number of rotatable bonds is 13. The van der Waals surface area contributed by atoms with Crippen molar-refractivity contribution < 1.29 is 0 Å². The summed E-state index contributed by atoms with van der Waals surface area (Å²) >= 11 is 0. The van der Waals surface area contributed by atoms with Crippen molar-refractivity contribution in [1.29, 1.82) is 5.26 Å². The zero-order valence-corrected chi connectivity index (χ0v) is 23.5. The summed E-state index contributed by atoms with van der Waals surface area (Å²) in [5.41, 5.74) is 6.45. The maximum atomic E-state index is 9.86. The van der Waals surface area contributed by atoms with Crippen molar-refractivity contribution in [2.75, 3.05) is 5.32 Å². The molecule has 1 aromatic rings. The van der Waals surface area contributed by atoms with Gasteiger partial charge in [-0.3, -0.25) is 0 Å². The Morgan fingerprint density at radius 1 is 1.09 bits per heavy atom. The summed E-state index contributed by atoms with van der Waals surface area (Å²) in [5.74, 6) is 0.674. The van der Waals surface area contributed by atoms with Crippen molar-refractivity contribution in [2.24, 2.45) is 10.4 Å². The van der Waals surface area contributed by atoms with Crippen molar-refractivity contribution in [3.8, 4) is 6.07 Å². The Balaban J connectivity index is 2.98. The first kappa shape index (κ1) is 30.0. The Hall–Kier alpha value is -3.00. The van der Waals surface area contributed by atoms with Crippen LogP contribution in [-0.4, -0.2) is 24.8 Å². The van der Waals surface area contributed by atoms with E-state index in [0.717, 1.165) is 36.2 Å². The smallest absolute Gasteiger partial charge is 0.128 e. The maximum absolute atomic E-state index is 9.86. The molecule has 0 saturated heterocycles. The third-order valence-corrected chi connectivity index (χ3v) is 6.14. The number of nitrogens with zero attached hydrogens (tertiary/aromatic N) is 2. The Kier molecular flexibility index (Phi) is 11.8. The van der Waals surface area contributed by atoms with E-state index in [1.54, 1.807) is 0 Å². The summed E-state index contributed by atoms with van der Waals surface area (Å²) < 4.78 is 0. The first-order valence-corrected chi connectivity index (χ1v) is 12.7. The lowest BCUT2D eigenvalue weighted by atomic mass is 9.90. The van der Waals surface area contributed by atoms with Gasteiger partial charge in [0.1, 0.15) is 5.82 Å². The van der Waals surface area contributed by atoms with E-state index in [0.29, 0.717) is 11.4 Å². The van der Waals surface area contributed by atoms with E-state index in [-0.39, 0.29) is 23.5 Å². The monoisotopic (exact) mass is 477 g/mol. The van der Waals surface area contributed by atoms with Gasteiger partial charge in [-0.15, -0.1) is 0 Å². The molecule has 0 radical (unpaired) electrons. The molecule has 5 nitrogen and oxygen atoms in total. The second-order valence-corrected chi connectivity index (χ2v) is 10.7. The molecule has 0 fully saturated rings. The third kappa shape index (κ3) is 10.0. The molecule has 0 aliphatic carbocycles. The number of anilines is 1. The number of nitriles is 1. The molecule has 0 bridgehead atoms. The van der Waals surface area contributed by atoms with Gasteiger partial charge in [0.15, 0.2) is 0 Å². The highest BCUT2D eigenvalue weighted by molar-refractivity contribution is 5.52. The summed E-state index contributed by atoms with van der Waals surface area (Å²) in [6.45, 7) is 27.1. The van der Waals surface area contributed by atoms with Gasteiger partial charge in [0.25, 0.3) is 0 Å². The molecule has 0 aromatic heterocycles. The summed E-state index contributed by atoms with van der Waals surface area (Å²) in [4.78, 5) is 4.22. The Morgan fingerprint density at radius 2 is 1.69 bits per heavy atom. The largest absolute Gasteiger partial charge is 0.384 e. The fourth-order valence-electron chi connectivity index (χ4n) is 4.04. The Labute approximate surface area is 214 Å². The zero-order valence-electron chi connectivity index (χ0n) is 23.5. The third-order valence-electron chi connectivity index (χ3n) is 6.14. The van der Waals surface area contributed by atoms with Crippen LogP contribution >= 0.6 is 0 Å². The number of benzene rings is 1. The van der Waals surface area contributed by atoms with E-state index < -0.39 is 0 Å². The summed E-state index contributed by atoms with van der Waals surface area (Å²) in [6, 6.07) is 8.90. The van der Waals surface area contributed by atoms with Crippen LogP contribution < -0.4 is 16.0 Å². The highest BCUT2D eigenvalue weighted by Gasteiger charge is 2.18. The number of aryl methyl sites for hydroxylation is 2. The van der Waals surface area contributed by atoms with Gasteiger partial charge < -0.3 is 16.0 Å². The standard InChI is InChI=1S/C30H47N5/c1-12-25-14-15-28(17-26(25)13-2)34-24(7)27(19-31)16-20(3)29(32-11)35-23(6)22(5)33-21(4)18-30(8,9)10/h14-17,22-24,33-35H,4,11-13,18H2,1-3,5-10H3/b27-16-,29-20+. The highest BCUT2D eigenvalue weighted by Crippen LogP contribution is 2.23. The minimum atomic E-state index is -0.142. The molecule has 3 unspecified atom stereocenters. The fraction of sp³-hybridized carbons (Fsp3) is 0.533. The van der Waals surface area contributed by atoms with Crippen LogP contribution in [0.1, 0.15) is 79.9 Å². The van der Waals surface area contributed by atoms with Gasteiger partial charge in [-0.2, -0.15) is 5.26 Å². The molecule has 192 valence electrons. The number of aliphatic imine (C=N–C) groups is 1. The predicted molar refractivity (Wildman–Crippen MR) is 153 cm³/mol. The molecule has 1 rings (SSSR count). The van der Waals surface area contributed by atoms with Crippen LogP contribution in [0, 0.1) is 16.7 Å². The van der Waals surface area contributed by atoms with E-state index in [2.05, 4.69) is 107 Å². The molecule has 3 N–H and O–H groups in total. The summed E-state index contributed by atoms with van der Waals surface area (Å²) in [6.07, 6.45) is 4.81. The van der Waals surface area contributed by atoms with Gasteiger partial charge in [0.05, 0.1) is 17.7 Å². The molecule has 0 aliphatic rings. The molecule has 3 atom stereocenters. The van der Waals surface area contributed by atoms with Gasteiger partial charge in [-0.1, -0.05) is 47.3 Å². The second kappa shape index (κ2) is 13.8. The minimum Gasteiger partial charge on any atom is -0.384 e. The molecular weight excluding hydrogens is 430 g/mol. The Bertz CT molecular complexity index is 971. The number of nitrogens with one attached hydrogen (secondary N) is 3. The van der Waals surface area contributed by atoms with Crippen molar-refractivity contribution in [1.82, 2.24) is 10.6 Å². The van der Waals surface area contributed by atoms with Crippen LogP contribution in [0.2, 0.25) is 0 Å². The molecule has 5 heteroatoms. The molecule has 0 spiro atoms. The predicted octanol–water partition coefficient (Wildman–Crippen LogP) is 6.90. The average molecular weight is 478 g/mol. The normalized spacial score (nSPS) is 15.3. The van der Waals surface area contributed by atoms with Gasteiger partial charge in [-0.25, -0.2) is 4.99 Å². The van der Waals surface area contributed by atoms with Crippen LogP contribution in [0.15, 0.2) is 58.5 Å². The quantitative estimate of drug-likeness (QED) is 0.164. The van der Waals surface area contributed by atoms with Crippen molar-refractivity contribution >= 4 is 12.4 Å². The van der Waals surface area contributed by atoms with E-state index in [1.165, 1.54) is 11.1 Å². The van der Waals surface area contributed by atoms with Crippen molar-refractivity contribution in [3.63, 3.8) is 0 Å². The fourth-order valence-corrected chi connectivity index (χ4v) is 4.04. The molecule has 0 amide bonds. The van der Waals surface area contributed by atoms with Gasteiger partial charge in [0, 0.05) is 23.5 Å². The van der Waals surface area contributed by atoms with E-state index in [1.807, 2.05) is 19.9 Å². The van der Waals surface area contributed by atoms with Crippen LogP contribution in [0.3, 0.4) is 0 Å².